The molecule has 1 aliphatic rings. The van der Waals surface area contributed by atoms with Crippen molar-refractivity contribution in [2.24, 2.45) is 0 Å². The summed E-state index contributed by atoms with van der Waals surface area (Å²) in [5, 5.41) is 8.74. The number of nitrogens with zero attached hydrogens (tertiary/aromatic N) is 1. The number of ether oxygens (including phenoxy) is 1. The molecule has 1 N–H and O–H groups in total. The number of hydrogen-bond acceptors (Lipinski definition) is 5. The van der Waals surface area contributed by atoms with E-state index in [0.717, 1.165) is 24.2 Å². The first-order valence-corrected chi connectivity index (χ1v) is 8.93. The SMILES string of the molecule is CCCCOc1ccc(/C=C2/SC(=S)N(CCC(=O)O)C2=O)cc1. The molecule has 0 aromatic heterocycles. The van der Waals surface area contributed by atoms with Crippen LogP contribution in [0, 0.1) is 0 Å². The lowest BCUT2D eigenvalue weighted by Crippen LogP contribution is -2.30. The van der Waals surface area contributed by atoms with Crippen LogP contribution in [0.1, 0.15) is 31.7 Å². The number of thiocarbonyl (C=S) groups is 1. The molecule has 0 aliphatic carbocycles. The molecule has 2 rings (SSSR count). The Labute approximate surface area is 150 Å². The summed E-state index contributed by atoms with van der Waals surface area (Å²) in [6.07, 6.45) is 3.74. The van der Waals surface area contributed by atoms with E-state index in [9.17, 15) is 9.59 Å². The summed E-state index contributed by atoms with van der Waals surface area (Å²) in [6.45, 7) is 2.90. The van der Waals surface area contributed by atoms with E-state index >= 15 is 0 Å². The van der Waals surface area contributed by atoms with Crippen LogP contribution in [0.4, 0.5) is 0 Å². The minimum Gasteiger partial charge on any atom is -0.494 e. The van der Waals surface area contributed by atoms with E-state index in [-0.39, 0.29) is 18.9 Å². The molecule has 24 heavy (non-hydrogen) atoms. The zero-order valence-electron chi connectivity index (χ0n) is 13.4. The van der Waals surface area contributed by atoms with Crippen molar-refractivity contribution in [3.05, 3.63) is 34.7 Å². The van der Waals surface area contributed by atoms with Gasteiger partial charge in [-0.25, -0.2) is 0 Å². The van der Waals surface area contributed by atoms with Gasteiger partial charge in [-0.1, -0.05) is 49.5 Å². The van der Waals surface area contributed by atoms with Gasteiger partial charge in [-0.2, -0.15) is 0 Å². The highest BCUT2D eigenvalue weighted by Crippen LogP contribution is 2.32. The maximum Gasteiger partial charge on any atom is 0.305 e. The van der Waals surface area contributed by atoms with Crippen LogP contribution in [-0.2, 0) is 9.59 Å². The van der Waals surface area contributed by atoms with Crippen LogP contribution in [0.5, 0.6) is 5.75 Å². The largest absolute Gasteiger partial charge is 0.494 e. The molecule has 1 heterocycles. The predicted molar refractivity (Wildman–Crippen MR) is 99.0 cm³/mol. The van der Waals surface area contributed by atoms with E-state index in [4.69, 9.17) is 22.1 Å². The van der Waals surface area contributed by atoms with Crippen molar-refractivity contribution in [2.45, 2.75) is 26.2 Å². The molecule has 0 bridgehead atoms. The molecule has 1 saturated heterocycles. The summed E-state index contributed by atoms with van der Waals surface area (Å²) in [7, 11) is 0. The third-order valence-corrected chi connectivity index (χ3v) is 4.75. The Morgan fingerprint density at radius 2 is 2.08 bits per heavy atom. The monoisotopic (exact) mass is 365 g/mol. The van der Waals surface area contributed by atoms with Crippen LogP contribution in [-0.4, -0.2) is 39.4 Å². The van der Waals surface area contributed by atoms with E-state index in [1.54, 1.807) is 6.08 Å². The molecular weight excluding hydrogens is 346 g/mol. The molecule has 0 saturated carbocycles. The van der Waals surface area contributed by atoms with Crippen molar-refractivity contribution in [1.29, 1.82) is 0 Å². The zero-order chi connectivity index (χ0) is 17.5. The quantitative estimate of drug-likeness (QED) is 0.432. The number of amides is 1. The van der Waals surface area contributed by atoms with Crippen LogP contribution >= 0.6 is 24.0 Å². The number of rotatable bonds is 8. The fourth-order valence-electron chi connectivity index (χ4n) is 2.05. The maximum atomic E-state index is 12.3. The van der Waals surface area contributed by atoms with Gasteiger partial charge in [0.15, 0.2) is 0 Å². The Morgan fingerprint density at radius 3 is 2.71 bits per heavy atom. The number of aliphatic carboxylic acids is 1. The van der Waals surface area contributed by atoms with Gasteiger partial charge in [-0.05, 0) is 30.2 Å². The fraction of sp³-hybridized carbons (Fsp3) is 0.353. The van der Waals surface area contributed by atoms with Crippen molar-refractivity contribution in [2.75, 3.05) is 13.2 Å². The molecule has 1 aromatic carbocycles. The Bertz CT molecular complexity index is 655. The third kappa shape index (κ3) is 5.07. The molecule has 5 nitrogen and oxygen atoms in total. The summed E-state index contributed by atoms with van der Waals surface area (Å²) in [6, 6.07) is 7.50. The highest BCUT2D eigenvalue weighted by Gasteiger charge is 2.31. The first kappa shape index (κ1) is 18.5. The fourth-order valence-corrected chi connectivity index (χ4v) is 3.35. The summed E-state index contributed by atoms with van der Waals surface area (Å²) in [5.74, 6) is -0.393. The molecule has 1 aliphatic heterocycles. The number of unbranched alkanes of at least 4 members (excludes halogenated alkanes) is 1. The van der Waals surface area contributed by atoms with Gasteiger partial charge in [0, 0.05) is 6.54 Å². The highest BCUT2D eigenvalue weighted by molar-refractivity contribution is 8.26. The second kappa shape index (κ2) is 8.84. The number of hydrogen-bond donors (Lipinski definition) is 1. The van der Waals surface area contributed by atoms with Gasteiger partial charge in [0.2, 0.25) is 0 Å². The van der Waals surface area contributed by atoms with Crippen LogP contribution in [0.2, 0.25) is 0 Å². The van der Waals surface area contributed by atoms with Crippen LogP contribution in [0.15, 0.2) is 29.2 Å². The van der Waals surface area contributed by atoms with E-state index in [1.165, 1.54) is 16.7 Å². The van der Waals surface area contributed by atoms with Gasteiger partial charge >= 0.3 is 5.97 Å². The predicted octanol–water partition coefficient (Wildman–Crippen LogP) is 3.54. The van der Waals surface area contributed by atoms with Gasteiger partial charge in [0.1, 0.15) is 10.1 Å². The smallest absolute Gasteiger partial charge is 0.305 e. The molecule has 0 atom stereocenters. The molecular formula is C17H19NO4S2. The lowest BCUT2D eigenvalue weighted by molar-refractivity contribution is -0.137. The van der Waals surface area contributed by atoms with E-state index in [2.05, 4.69) is 6.92 Å². The summed E-state index contributed by atoms with van der Waals surface area (Å²) in [5.41, 5.74) is 0.872. The number of carbonyl (C=O) groups excluding carboxylic acids is 1. The van der Waals surface area contributed by atoms with Gasteiger partial charge in [-0.15, -0.1) is 0 Å². The molecule has 7 heteroatoms. The van der Waals surface area contributed by atoms with Crippen molar-refractivity contribution in [3.63, 3.8) is 0 Å². The molecule has 1 aromatic rings. The highest BCUT2D eigenvalue weighted by atomic mass is 32.2. The Kier molecular flexibility index (Phi) is 6.81. The first-order valence-electron chi connectivity index (χ1n) is 7.71. The topological polar surface area (TPSA) is 66.8 Å². The zero-order valence-corrected chi connectivity index (χ0v) is 15.0. The number of carboxylic acids is 1. The van der Waals surface area contributed by atoms with Crippen molar-refractivity contribution in [1.82, 2.24) is 4.90 Å². The summed E-state index contributed by atoms with van der Waals surface area (Å²) in [4.78, 5) is 24.8. The van der Waals surface area contributed by atoms with Gasteiger partial charge in [0.05, 0.1) is 17.9 Å². The normalized spacial score (nSPS) is 16.0. The third-order valence-electron chi connectivity index (χ3n) is 3.37. The number of thioether (sulfide) groups is 1. The van der Waals surface area contributed by atoms with Crippen LogP contribution in [0.3, 0.4) is 0 Å². The Hall–Kier alpha value is -1.86. The van der Waals surface area contributed by atoms with E-state index in [0.29, 0.717) is 15.8 Å². The lowest BCUT2D eigenvalue weighted by Gasteiger charge is -2.12. The van der Waals surface area contributed by atoms with Gasteiger partial charge in [-0.3, -0.25) is 14.5 Å². The average molecular weight is 365 g/mol. The van der Waals surface area contributed by atoms with Gasteiger partial charge in [0.25, 0.3) is 5.91 Å². The number of carbonyl (C=O) groups is 2. The maximum absolute atomic E-state index is 12.3. The molecule has 0 spiro atoms. The summed E-state index contributed by atoms with van der Waals surface area (Å²) < 4.78 is 6.00. The van der Waals surface area contributed by atoms with Crippen molar-refractivity contribution >= 4 is 46.3 Å². The van der Waals surface area contributed by atoms with E-state index in [1.807, 2.05) is 24.3 Å². The van der Waals surface area contributed by atoms with Crippen LogP contribution in [0.25, 0.3) is 6.08 Å². The first-order chi connectivity index (χ1) is 11.5. The average Bonchev–Trinajstić information content (AvgIpc) is 2.81. The van der Waals surface area contributed by atoms with Crippen LogP contribution < -0.4 is 4.74 Å². The summed E-state index contributed by atoms with van der Waals surface area (Å²) >= 11 is 6.35. The van der Waals surface area contributed by atoms with Gasteiger partial charge < -0.3 is 9.84 Å². The molecule has 1 amide bonds. The second-order valence-electron chi connectivity index (χ2n) is 5.25. The lowest BCUT2D eigenvalue weighted by atomic mass is 10.2. The minimum absolute atomic E-state index is 0.0988. The second-order valence-corrected chi connectivity index (χ2v) is 6.92. The Balaban J connectivity index is 2.01. The molecule has 0 unspecified atom stereocenters. The number of benzene rings is 1. The van der Waals surface area contributed by atoms with Crippen molar-refractivity contribution in [3.8, 4) is 5.75 Å². The molecule has 1 fully saturated rings. The standard InChI is InChI=1S/C17H19NO4S2/c1-2-3-10-22-13-6-4-12(5-7-13)11-14-16(21)18(17(23)24-14)9-8-15(19)20/h4-7,11H,2-3,8-10H2,1H3,(H,19,20)/b14-11+. The molecule has 128 valence electrons. The van der Waals surface area contributed by atoms with Crippen molar-refractivity contribution < 1.29 is 19.4 Å². The minimum atomic E-state index is -0.952. The van der Waals surface area contributed by atoms with E-state index < -0.39 is 5.97 Å². The molecule has 0 radical (unpaired) electrons. The Morgan fingerprint density at radius 1 is 1.38 bits per heavy atom. The number of carboxylic acid groups (broad SMARTS) is 1.